The Kier molecular flexibility index (Phi) is 5.31. The molecule has 0 amide bonds. The summed E-state index contributed by atoms with van der Waals surface area (Å²) >= 11 is 5.88. The fourth-order valence-electron chi connectivity index (χ4n) is 3.84. The van der Waals surface area contributed by atoms with Crippen LogP contribution in [-0.2, 0) is 12.7 Å². The number of benzene rings is 1. The van der Waals surface area contributed by atoms with Crippen molar-refractivity contribution in [1.82, 2.24) is 24.1 Å². The third kappa shape index (κ3) is 4.00. The van der Waals surface area contributed by atoms with Gasteiger partial charge in [-0.25, -0.2) is 14.4 Å². The van der Waals surface area contributed by atoms with E-state index in [1.807, 2.05) is 0 Å². The molecule has 3 heterocycles. The van der Waals surface area contributed by atoms with Crippen LogP contribution in [0.25, 0.3) is 22.4 Å². The summed E-state index contributed by atoms with van der Waals surface area (Å²) in [6, 6.07) is 5.30. The molecule has 0 aliphatic heterocycles. The number of aromatic nitrogens is 5. The van der Waals surface area contributed by atoms with E-state index in [0.717, 1.165) is 12.3 Å². The molecule has 34 heavy (non-hydrogen) atoms. The maximum absolute atomic E-state index is 15.4. The first-order valence-electron chi connectivity index (χ1n) is 10.2. The molecule has 0 atom stereocenters. The lowest BCUT2D eigenvalue weighted by Gasteiger charge is -2.15. The third-order valence-electron chi connectivity index (χ3n) is 5.55. The molecule has 1 saturated carbocycles. The van der Waals surface area contributed by atoms with E-state index in [1.165, 1.54) is 34.6 Å². The van der Waals surface area contributed by atoms with E-state index in [2.05, 4.69) is 15.0 Å². The average Bonchev–Trinajstić information content (AvgIpc) is 3.53. The Balaban J connectivity index is 1.62. The minimum absolute atomic E-state index is 0.00262. The summed E-state index contributed by atoms with van der Waals surface area (Å²) in [5.41, 5.74) is -1.08. The van der Waals surface area contributed by atoms with Crippen molar-refractivity contribution in [1.29, 1.82) is 0 Å². The Morgan fingerprint density at radius 1 is 1.21 bits per heavy atom. The smallest absolute Gasteiger partial charge is 0.434 e. The molecule has 0 spiro atoms. The zero-order valence-corrected chi connectivity index (χ0v) is 18.4. The van der Waals surface area contributed by atoms with Crippen LogP contribution in [0.3, 0.4) is 0 Å². The normalized spacial score (nSPS) is 14.1. The van der Waals surface area contributed by atoms with Gasteiger partial charge in [0.1, 0.15) is 23.0 Å². The van der Waals surface area contributed by atoms with Gasteiger partial charge in [0.2, 0.25) is 5.28 Å². The Hall–Kier alpha value is -3.47. The molecule has 12 heteroatoms. The van der Waals surface area contributed by atoms with Crippen LogP contribution in [0.2, 0.25) is 5.28 Å². The van der Waals surface area contributed by atoms with Crippen LogP contribution in [0.15, 0.2) is 41.5 Å². The first kappa shape index (κ1) is 22.3. The summed E-state index contributed by atoms with van der Waals surface area (Å²) in [6.07, 6.45) is -0.953. The molecule has 5 rings (SSSR count). The number of halogens is 5. The van der Waals surface area contributed by atoms with Gasteiger partial charge in [-0.2, -0.15) is 18.2 Å². The lowest BCUT2D eigenvalue weighted by molar-refractivity contribution is -0.140. The van der Waals surface area contributed by atoms with Gasteiger partial charge >= 0.3 is 6.18 Å². The van der Waals surface area contributed by atoms with E-state index in [9.17, 15) is 18.0 Å². The Morgan fingerprint density at radius 2 is 1.97 bits per heavy atom. The van der Waals surface area contributed by atoms with Crippen molar-refractivity contribution in [2.24, 2.45) is 0 Å². The molecule has 7 nitrogen and oxygen atoms in total. The highest BCUT2D eigenvalue weighted by Gasteiger charge is 2.38. The maximum atomic E-state index is 15.4. The van der Waals surface area contributed by atoms with Gasteiger partial charge in [0.15, 0.2) is 5.69 Å². The summed E-state index contributed by atoms with van der Waals surface area (Å²) < 4.78 is 63.3. The predicted molar refractivity (Wildman–Crippen MR) is 115 cm³/mol. The topological polar surface area (TPSA) is 74.8 Å². The number of imidazole rings is 1. The van der Waals surface area contributed by atoms with Crippen LogP contribution in [-0.4, -0.2) is 31.2 Å². The number of ether oxygens (including phenoxy) is 1. The molecule has 3 aromatic heterocycles. The van der Waals surface area contributed by atoms with Crippen molar-refractivity contribution in [3.8, 4) is 17.1 Å². The van der Waals surface area contributed by atoms with E-state index < -0.39 is 23.2 Å². The summed E-state index contributed by atoms with van der Waals surface area (Å²) in [6.45, 7) is -0.0814. The van der Waals surface area contributed by atoms with Gasteiger partial charge in [0, 0.05) is 29.9 Å². The second-order valence-electron chi connectivity index (χ2n) is 7.92. The molecule has 4 aromatic rings. The van der Waals surface area contributed by atoms with Crippen LogP contribution in [0.1, 0.15) is 30.1 Å². The summed E-state index contributed by atoms with van der Waals surface area (Å²) in [5.74, 6) is -0.980. The standard InChI is InChI=1S/C22H16ClF4N5O2/c1-34-15-7-11(9-32-17(33)5-2-12-8-28-21(23)30-19(12)32)6-14(24)18(15)20-29-16(22(25,26)27)10-31(20)13-3-4-13/h2,5-8,10,13H,3-4,9H2,1H3. The fourth-order valence-corrected chi connectivity index (χ4v) is 3.97. The maximum Gasteiger partial charge on any atom is 0.434 e. The molecule has 1 aromatic carbocycles. The molecule has 1 fully saturated rings. The van der Waals surface area contributed by atoms with Gasteiger partial charge in [-0.05, 0) is 48.2 Å². The minimum atomic E-state index is -4.67. The number of rotatable bonds is 5. The number of methoxy groups -OCH3 is 1. The molecule has 1 aliphatic carbocycles. The second-order valence-corrected chi connectivity index (χ2v) is 8.25. The van der Waals surface area contributed by atoms with Crippen molar-refractivity contribution in [3.63, 3.8) is 0 Å². The summed E-state index contributed by atoms with van der Waals surface area (Å²) in [7, 11) is 1.29. The molecule has 176 valence electrons. The number of alkyl halides is 3. The lowest BCUT2D eigenvalue weighted by atomic mass is 10.1. The Morgan fingerprint density at radius 3 is 2.65 bits per heavy atom. The summed E-state index contributed by atoms with van der Waals surface area (Å²) in [4.78, 5) is 24.2. The van der Waals surface area contributed by atoms with Gasteiger partial charge in [0.25, 0.3) is 5.56 Å². The molecular weight excluding hydrogens is 478 g/mol. The van der Waals surface area contributed by atoms with Gasteiger partial charge in [0.05, 0.1) is 19.2 Å². The van der Waals surface area contributed by atoms with E-state index >= 15 is 4.39 Å². The highest BCUT2D eigenvalue weighted by atomic mass is 35.5. The van der Waals surface area contributed by atoms with Crippen LogP contribution in [0, 0.1) is 5.82 Å². The lowest BCUT2D eigenvalue weighted by Crippen LogP contribution is -2.21. The van der Waals surface area contributed by atoms with E-state index in [0.29, 0.717) is 23.8 Å². The van der Waals surface area contributed by atoms with Gasteiger partial charge < -0.3 is 9.30 Å². The van der Waals surface area contributed by atoms with Crippen molar-refractivity contribution >= 4 is 22.6 Å². The fraction of sp³-hybridized carbons (Fsp3) is 0.273. The monoisotopic (exact) mass is 493 g/mol. The van der Waals surface area contributed by atoms with Crippen molar-refractivity contribution in [2.45, 2.75) is 31.6 Å². The third-order valence-corrected chi connectivity index (χ3v) is 5.74. The molecule has 0 bridgehead atoms. The van der Waals surface area contributed by atoms with Gasteiger partial charge in [-0.1, -0.05) is 0 Å². The van der Waals surface area contributed by atoms with Gasteiger partial charge in [-0.15, -0.1) is 0 Å². The molecule has 0 radical (unpaired) electrons. The highest BCUT2D eigenvalue weighted by molar-refractivity contribution is 6.28. The van der Waals surface area contributed by atoms with E-state index in [4.69, 9.17) is 16.3 Å². The van der Waals surface area contributed by atoms with E-state index in [1.54, 1.807) is 6.07 Å². The molecule has 0 saturated heterocycles. The van der Waals surface area contributed by atoms with Crippen LogP contribution < -0.4 is 10.3 Å². The Bertz CT molecular complexity index is 1480. The molecular formula is C22H16ClF4N5O2. The number of nitrogens with zero attached hydrogens (tertiary/aromatic N) is 5. The molecule has 0 N–H and O–H groups in total. The highest BCUT2D eigenvalue weighted by Crippen LogP contribution is 2.43. The zero-order chi connectivity index (χ0) is 24.2. The average molecular weight is 494 g/mol. The number of fused-ring (bicyclic) bond motifs is 1. The SMILES string of the molecule is COc1cc(Cn2c(=O)ccc3cnc(Cl)nc32)cc(F)c1-c1nc(C(F)(F)F)cn1C1CC1. The first-order valence-corrected chi connectivity index (χ1v) is 10.6. The second kappa shape index (κ2) is 8.08. The number of hydrogen-bond acceptors (Lipinski definition) is 5. The quantitative estimate of drug-likeness (QED) is 0.293. The van der Waals surface area contributed by atoms with Crippen molar-refractivity contribution < 1.29 is 22.3 Å². The number of hydrogen-bond donors (Lipinski definition) is 0. The van der Waals surface area contributed by atoms with Crippen LogP contribution >= 0.6 is 11.6 Å². The first-order chi connectivity index (χ1) is 16.2. The van der Waals surface area contributed by atoms with Crippen molar-refractivity contribution in [3.05, 3.63) is 69.4 Å². The van der Waals surface area contributed by atoms with Crippen LogP contribution in [0.5, 0.6) is 5.75 Å². The summed E-state index contributed by atoms with van der Waals surface area (Å²) in [5, 5.41) is 0.498. The predicted octanol–water partition coefficient (Wildman–Crippen LogP) is 4.86. The minimum Gasteiger partial charge on any atom is -0.496 e. The van der Waals surface area contributed by atoms with E-state index in [-0.39, 0.29) is 40.7 Å². The number of pyridine rings is 1. The molecule has 1 aliphatic rings. The van der Waals surface area contributed by atoms with Crippen molar-refractivity contribution in [2.75, 3.05) is 7.11 Å². The van der Waals surface area contributed by atoms with Gasteiger partial charge in [-0.3, -0.25) is 9.36 Å². The van der Waals surface area contributed by atoms with Crippen LogP contribution in [0.4, 0.5) is 17.6 Å². The zero-order valence-electron chi connectivity index (χ0n) is 17.6. The largest absolute Gasteiger partial charge is 0.496 e. The molecule has 0 unspecified atom stereocenters. The Labute approximate surface area is 194 Å².